The number of anilines is 1. The monoisotopic (exact) mass is 449 g/mol. The van der Waals surface area contributed by atoms with Crippen LogP contribution in [0.1, 0.15) is 11.3 Å². The van der Waals surface area contributed by atoms with Crippen LogP contribution in [0, 0.1) is 0 Å². The number of aromatic amines is 1. The van der Waals surface area contributed by atoms with Crippen LogP contribution >= 0.6 is 12.2 Å². The topological polar surface area (TPSA) is 79.7 Å². The first-order valence-electron chi connectivity index (χ1n) is 9.98. The molecular formula is C24H23N3O4S. The van der Waals surface area contributed by atoms with Crippen LogP contribution in [0.25, 0.3) is 10.9 Å². The Morgan fingerprint density at radius 3 is 2.66 bits per heavy atom. The Hall–Kier alpha value is -3.78. The highest BCUT2D eigenvalue weighted by atomic mass is 32.1. The molecule has 0 radical (unpaired) electrons. The van der Waals surface area contributed by atoms with Gasteiger partial charge in [-0.15, -0.1) is 0 Å². The minimum atomic E-state index is -0.185. The molecule has 0 aliphatic heterocycles. The summed E-state index contributed by atoms with van der Waals surface area (Å²) in [6, 6.07) is 18.6. The molecule has 2 heterocycles. The molecule has 0 saturated carbocycles. The van der Waals surface area contributed by atoms with Gasteiger partial charge in [0.15, 0.2) is 5.11 Å². The number of thiocarbonyl (C=S) groups is 1. The van der Waals surface area contributed by atoms with Gasteiger partial charge >= 0.3 is 0 Å². The summed E-state index contributed by atoms with van der Waals surface area (Å²) >= 11 is 5.70. The minimum Gasteiger partial charge on any atom is -0.497 e. The number of fused-ring (bicyclic) bond motifs is 1. The normalized spacial score (nSPS) is 10.7. The lowest BCUT2D eigenvalue weighted by Crippen LogP contribution is -2.35. The van der Waals surface area contributed by atoms with Gasteiger partial charge in [-0.3, -0.25) is 4.79 Å². The average molecular weight is 450 g/mol. The third-order valence-electron chi connectivity index (χ3n) is 5.05. The maximum atomic E-state index is 12.8. The van der Waals surface area contributed by atoms with E-state index in [0.29, 0.717) is 40.8 Å². The van der Waals surface area contributed by atoms with Crippen molar-refractivity contribution in [1.82, 2.24) is 9.88 Å². The van der Waals surface area contributed by atoms with Gasteiger partial charge in [-0.1, -0.05) is 12.1 Å². The average Bonchev–Trinajstić information content (AvgIpc) is 3.32. The lowest BCUT2D eigenvalue weighted by Gasteiger charge is -2.25. The Morgan fingerprint density at radius 2 is 1.91 bits per heavy atom. The van der Waals surface area contributed by atoms with Crippen molar-refractivity contribution in [2.75, 3.05) is 19.5 Å². The van der Waals surface area contributed by atoms with Gasteiger partial charge < -0.3 is 29.1 Å². The molecule has 0 amide bonds. The minimum absolute atomic E-state index is 0.185. The maximum Gasteiger partial charge on any atom is 0.253 e. The summed E-state index contributed by atoms with van der Waals surface area (Å²) < 4.78 is 16.2. The third-order valence-corrected chi connectivity index (χ3v) is 5.41. The highest BCUT2D eigenvalue weighted by molar-refractivity contribution is 7.80. The van der Waals surface area contributed by atoms with Gasteiger partial charge in [-0.2, -0.15) is 0 Å². The number of methoxy groups -OCH3 is 2. The zero-order chi connectivity index (χ0) is 22.5. The van der Waals surface area contributed by atoms with Crippen LogP contribution in [0.15, 0.2) is 76.1 Å². The number of H-pyrrole nitrogens is 1. The molecule has 0 spiro atoms. The Kier molecular flexibility index (Phi) is 6.42. The summed E-state index contributed by atoms with van der Waals surface area (Å²) in [6.45, 7) is 0.688. The van der Waals surface area contributed by atoms with Crippen LogP contribution in [0.2, 0.25) is 0 Å². The predicted molar refractivity (Wildman–Crippen MR) is 128 cm³/mol. The van der Waals surface area contributed by atoms with E-state index in [1.807, 2.05) is 59.5 Å². The first kappa shape index (κ1) is 21.5. The number of furan rings is 1. The van der Waals surface area contributed by atoms with Gasteiger partial charge in [0.05, 0.1) is 44.8 Å². The summed E-state index contributed by atoms with van der Waals surface area (Å²) in [6.07, 6.45) is 1.61. The first-order valence-corrected chi connectivity index (χ1v) is 10.4. The molecule has 0 aliphatic carbocycles. The lowest BCUT2D eigenvalue weighted by atomic mass is 10.1. The van der Waals surface area contributed by atoms with E-state index in [9.17, 15) is 4.79 Å². The van der Waals surface area contributed by atoms with E-state index in [1.54, 1.807) is 26.5 Å². The highest BCUT2D eigenvalue weighted by Crippen LogP contribution is 2.24. The molecule has 0 unspecified atom stereocenters. The first-order chi connectivity index (χ1) is 15.6. The SMILES string of the molecule is COc1ccc2cc(CN(Cc3ccco3)C(=S)Nc3ccccc3OC)c(=O)[nH]c2c1. The fourth-order valence-electron chi connectivity index (χ4n) is 3.41. The Bertz CT molecular complexity index is 1280. The Balaban J connectivity index is 1.64. The number of ether oxygens (including phenoxy) is 2. The zero-order valence-corrected chi connectivity index (χ0v) is 18.6. The molecule has 0 atom stereocenters. The largest absolute Gasteiger partial charge is 0.497 e. The van der Waals surface area contributed by atoms with Crippen molar-refractivity contribution in [2.24, 2.45) is 0 Å². The van der Waals surface area contributed by atoms with Crippen LogP contribution in [0.3, 0.4) is 0 Å². The highest BCUT2D eigenvalue weighted by Gasteiger charge is 2.17. The molecule has 4 aromatic rings. The van der Waals surface area contributed by atoms with Gasteiger partial charge in [0.1, 0.15) is 17.3 Å². The standard InChI is InChI=1S/C24H23N3O4S/c1-29-18-10-9-16-12-17(23(28)25-21(16)13-18)14-27(15-19-6-5-11-31-19)24(32)26-20-7-3-4-8-22(20)30-2/h3-13H,14-15H2,1-2H3,(H,25,28)(H,26,32). The van der Waals surface area contributed by atoms with Gasteiger partial charge in [-0.05, 0) is 60.1 Å². The van der Waals surface area contributed by atoms with E-state index in [0.717, 1.165) is 16.8 Å². The van der Waals surface area contributed by atoms with Gasteiger partial charge in [0.2, 0.25) is 0 Å². The fourth-order valence-corrected chi connectivity index (χ4v) is 3.65. The van der Waals surface area contributed by atoms with Gasteiger partial charge in [0.25, 0.3) is 5.56 Å². The molecule has 164 valence electrons. The summed E-state index contributed by atoms with van der Waals surface area (Å²) in [7, 11) is 3.20. The molecule has 0 aliphatic rings. The molecule has 7 nitrogen and oxygen atoms in total. The quantitative estimate of drug-likeness (QED) is 0.401. The molecule has 2 aromatic carbocycles. The van der Waals surface area contributed by atoms with Crippen molar-refractivity contribution in [1.29, 1.82) is 0 Å². The molecule has 8 heteroatoms. The summed E-state index contributed by atoms with van der Waals surface area (Å²) in [4.78, 5) is 17.6. The second-order valence-electron chi connectivity index (χ2n) is 7.14. The predicted octanol–water partition coefficient (Wildman–Crippen LogP) is 4.54. The lowest BCUT2D eigenvalue weighted by molar-refractivity contribution is 0.359. The number of hydrogen-bond acceptors (Lipinski definition) is 5. The van der Waals surface area contributed by atoms with Crippen LogP contribution in [-0.2, 0) is 13.1 Å². The van der Waals surface area contributed by atoms with Gasteiger partial charge in [0, 0.05) is 11.6 Å². The number of rotatable bonds is 7. The van der Waals surface area contributed by atoms with Crippen LogP contribution in [0.5, 0.6) is 11.5 Å². The molecular weight excluding hydrogens is 426 g/mol. The van der Waals surface area contributed by atoms with Crippen molar-refractivity contribution in [3.8, 4) is 11.5 Å². The smallest absolute Gasteiger partial charge is 0.253 e. The summed E-state index contributed by atoms with van der Waals surface area (Å²) in [5.74, 6) is 2.09. The number of benzene rings is 2. The molecule has 0 bridgehead atoms. The van der Waals surface area contributed by atoms with E-state index in [-0.39, 0.29) is 5.56 Å². The van der Waals surface area contributed by atoms with Crippen molar-refractivity contribution in [2.45, 2.75) is 13.1 Å². The van der Waals surface area contributed by atoms with Crippen molar-refractivity contribution in [3.05, 3.63) is 88.6 Å². The maximum absolute atomic E-state index is 12.8. The van der Waals surface area contributed by atoms with E-state index < -0.39 is 0 Å². The molecule has 0 saturated heterocycles. The molecule has 4 rings (SSSR count). The number of para-hydroxylation sites is 2. The fraction of sp³-hybridized carbons (Fsp3) is 0.167. The Morgan fingerprint density at radius 1 is 1.06 bits per heavy atom. The second kappa shape index (κ2) is 9.57. The van der Waals surface area contributed by atoms with Crippen LogP contribution in [0.4, 0.5) is 5.69 Å². The van der Waals surface area contributed by atoms with Crippen LogP contribution in [-0.4, -0.2) is 29.2 Å². The third kappa shape index (κ3) is 4.76. The van der Waals surface area contributed by atoms with Crippen molar-refractivity contribution >= 4 is 33.9 Å². The Labute approximate surface area is 190 Å². The molecule has 32 heavy (non-hydrogen) atoms. The molecule has 2 aromatic heterocycles. The second-order valence-corrected chi connectivity index (χ2v) is 7.53. The van der Waals surface area contributed by atoms with E-state index in [2.05, 4.69) is 10.3 Å². The van der Waals surface area contributed by atoms with Crippen LogP contribution < -0.4 is 20.3 Å². The van der Waals surface area contributed by atoms with E-state index in [4.69, 9.17) is 26.1 Å². The molecule has 2 N–H and O–H groups in total. The van der Waals surface area contributed by atoms with E-state index in [1.165, 1.54) is 0 Å². The zero-order valence-electron chi connectivity index (χ0n) is 17.8. The summed E-state index contributed by atoms with van der Waals surface area (Å²) in [5.41, 5.74) is 1.85. The van der Waals surface area contributed by atoms with Gasteiger partial charge in [-0.25, -0.2) is 0 Å². The number of hydrogen-bond donors (Lipinski definition) is 2. The molecule has 0 fully saturated rings. The number of nitrogens with one attached hydrogen (secondary N) is 2. The van der Waals surface area contributed by atoms with E-state index >= 15 is 0 Å². The number of aromatic nitrogens is 1. The van der Waals surface area contributed by atoms with Crippen molar-refractivity contribution < 1.29 is 13.9 Å². The number of nitrogens with zero attached hydrogens (tertiary/aromatic N) is 1. The number of pyridine rings is 1. The van der Waals surface area contributed by atoms with Crippen molar-refractivity contribution in [3.63, 3.8) is 0 Å². The summed E-state index contributed by atoms with van der Waals surface area (Å²) in [5, 5.41) is 4.58.